The molecule has 0 unspecified atom stereocenters. The van der Waals surface area contributed by atoms with Crippen LogP contribution in [0.2, 0.25) is 0 Å². The van der Waals surface area contributed by atoms with Crippen LogP contribution in [0.15, 0.2) is 54.6 Å². The van der Waals surface area contributed by atoms with Crippen molar-refractivity contribution in [2.75, 3.05) is 5.32 Å². The van der Waals surface area contributed by atoms with Gasteiger partial charge in [-0.25, -0.2) is 4.39 Å². The first-order chi connectivity index (χ1) is 12.4. The largest absolute Gasteiger partial charge is 0.349 e. The molecule has 0 aliphatic heterocycles. The molecule has 0 aliphatic carbocycles. The number of carbonyl (C=O) groups excluding carboxylic acids is 2. The van der Waals surface area contributed by atoms with Crippen molar-refractivity contribution in [1.82, 2.24) is 16.2 Å². The Morgan fingerprint density at radius 3 is 2.31 bits per heavy atom. The van der Waals surface area contributed by atoms with Gasteiger partial charge in [0.2, 0.25) is 11.8 Å². The van der Waals surface area contributed by atoms with Crippen LogP contribution in [0.3, 0.4) is 0 Å². The Bertz CT molecular complexity index is 769. The first-order valence-corrected chi connectivity index (χ1v) is 8.28. The molecule has 0 saturated carbocycles. The van der Waals surface area contributed by atoms with Gasteiger partial charge in [0.25, 0.3) is 0 Å². The smallest absolute Gasteiger partial charge is 0.240 e. The number of hydrazine groups is 1. The van der Waals surface area contributed by atoms with Crippen LogP contribution in [0.5, 0.6) is 0 Å². The second-order valence-electron chi connectivity index (χ2n) is 5.50. The summed E-state index contributed by atoms with van der Waals surface area (Å²) in [6.07, 6.45) is 0.0375. The number of nitrogens with one attached hydrogen (secondary N) is 4. The fourth-order valence-electron chi connectivity index (χ4n) is 2.24. The molecule has 2 aromatic carbocycles. The van der Waals surface area contributed by atoms with Crippen LogP contribution < -0.4 is 21.5 Å². The monoisotopic (exact) mass is 374 g/mol. The molecular formula is C18H19FN4O2S. The van der Waals surface area contributed by atoms with Crippen molar-refractivity contribution in [3.63, 3.8) is 0 Å². The molecule has 2 amide bonds. The third-order valence-corrected chi connectivity index (χ3v) is 3.59. The van der Waals surface area contributed by atoms with Crippen LogP contribution in [0.25, 0.3) is 0 Å². The lowest BCUT2D eigenvalue weighted by atomic mass is 10.0. The lowest BCUT2D eigenvalue weighted by Crippen LogP contribution is -2.45. The van der Waals surface area contributed by atoms with E-state index in [0.717, 1.165) is 5.56 Å². The fourth-order valence-corrected chi connectivity index (χ4v) is 2.41. The summed E-state index contributed by atoms with van der Waals surface area (Å²) in [5.74, 6) is -0.934. The molecule has 2 rings (SSSR count). The van der Waals surface area contributed by atoms with Crippen molar-refractivity contribution in [3.05, 3.63) is 66.0 Å². The van der Waals surface area contributed by atoms with Gasteiger partial charge >= 0.3 is 0 Å². The summed E-state index contributed by atoms with van der Waals surface area (Å²) in [6.45, 7) is 1.40. The van der Waals surface area contributed by atoms with E-state index in [9.17, 15) is 14.0 Å². The standard InChI is InChI=1S/C18H19FN4O2S/c1-12(24)20-16(13-5-3-2-4-6-13)11-17(25)22-23-18(26)21-15-9-7-14(19)8-10-15/h2-10,16H,11H2,1H3,(H,20,24)(H,22,25)(H2,21,23,26)/t16-/m1/s1. The number of hydrogen-bond donors (Lipinski definition) is 4. The molecule has 8 heteroatoms. The van der Waals surface area contributed by atoms with Gasteiger partial charge in [-0.2, -0.15) is 0 Å². The van der Waals surface area contributed by atoms with E-state index in [1.165, 1.54) is 31.2 Å². The molecule has 2 aromatic rings. The van der Waals surface area contributed by atoms with Gasteiger partial charge in [-0.15, -0.1) is 0 Å². The first-order valence-electron chi connectivity index (χ1n) is 7.87. The third kappa shape index (κ3) is 6.48. The summed E-state index contributed by atoms with van der Waals surface area (Å²) in [4.78, 5) is 23.5. The molecule has 0 radical (unpaired) electrons. The summed E-state index contributed by atoms with van der Waals surface area (Å²) in [5.41, 5.74) is 6.45. The van der Waals surface area contributed by atoms with Gasteiger partial charge < -0.3 is 10.6 Å². The Hall–Kier alpha value is -3.00. The predicted molar refractivity (Wildman–Crippen MR) is 102 cm³/mol. The molecule has 4 N–H and O–H groups in total. The fraction of sp³-hybridized carbons (Fsp3) is 0.167. The van der Waals surface area contributed by atoms with E-state index in [4.69, 9.17) is 12.2 Å². The van der Waals surface area contributed by atoms with Gasteiger partial charge in [0.1, 0.15) is 5.82 Å². The maximum atomic E-state index is 12.9. The van der Waals surface area contributed by atoms with Crippen molar-refractivity contribution in [2.45, 2.75) is 19.4 Å². The van der Waals surface area contributed by atoms with E-state index in [2.05, 4.69) is 21.5 Å². The highest BCUT2D eigenvalue weighted by Gasteiger charge is 2.17. The number of hydrogen-bond acceptors (Lipinski definition) is 3. The quantitative estimate of drug-likeness (QED) is 0.477. The highest BCUT2D eigenvalue weighted by Crippen LogP contribution is 2.16. The number of benzene rings is 2. The van der Waals surface area contributed by atoms with Gasteiger partial charge in [-0.3, -0.25) is 20.4 Å². The van der Waals surface area contributed by atoms with Crippen molar-refractivity contribution in [2.24, 2.45) is 0 Å². The SMILES string of the molecule is CC(=O)N[C@H](CC(=O)NNC(=S)Nc1ccc(F)cc1)c1ccccc1. The average Bonchev–Trinajstić information content (AvgIpc) is 2.62. The molecule has 0 aromatic heterocycles. The van der Waals surface area contributed by atoms with E-state index in [1.807, 2.05) is 30.3 Å². The number of halogens is 1. The highest BCUT2D eigenvalue weighted by molar-refractivity contribution is 7.80. The van der Waals surface area contributed by atoms with Crippen LogP contribution in [0.4, 0.5) is 10.1 Å². The maximum absolute atomic E-state index is 12.9. The molecule has 0 aliphatic rings. The van der Waals surface area contributed by atoms with Crippen LogP contribution >= 0.6 is 12.2 Å². The zero-order valence-electron chi connectivity index (χ0n) is 14.1. The van der Waals surface area contributed by atoms with E-state index in [1.54, 1.807) is 0 Å². The molecule has 0 spiro atoms. The minimum absolute atomic E-state index is 0.0375. The van der Waals surface area contributed by atoms with Crippen LogP contribution in [-0.2, 0) is 9.59 Å². The number of carbonyl (C=O) groups is 2. The third-order valence-electron chi connectivity index (χ3n) is 3.39. The summed E-state index contributed by atoms with van der Waals surface area (Å²) >= 11 is 5.06. The van der Waals surface area contributed by atoms with Crippen molar-refractivity contribution >= 4 is 34.8 Å². The molecular weight excluding hydrogens is 355 g/mol. The zero-order chi connectivity index (χ0) is 18.9. The topological polar surface area (TPSA) is 82.3 Å². The van der Waals surface area contributed by atoms with Crippen molar-refractivity contribution in [3.8, 4) is 0 Å². The van der Waals surface area contributed by atoms with Gasteiger partial charge in [0.05, 0.1) is 12.5 Å². The molecule has 0 bridgehead atoms. The number of anilines is 1. The molecule has 26 heavy (non-hydrogen) atoms. The van der Waals surface area contributed by atoms with E-state index >= 15 is 0 Å². The molecule has 6 nitrogen and oxygen atoms in total. The Labute approximate surface area is 156 Å². The molecule has 0 saturated heterocycles. The van der Waals surface area contributed by atoms with E-state index < -0.39 is 6.04 Å². The van der Waals surface area contributed by atoms with Gasteiger partial charge in [-0.1, -0.05) is 30.3 Å². The molecule has 0 heterocycles. The van der Waals surface area contributed by atoms with Gasteiger partial charge in [0, 0.05) is 12.6 Å². The molecule has 136 valence electrons. The Morgan fingerprint density at radius 2 is 1.69 bits per heavy atom. The molecule has 0 fully saturated rings. The number of thiocarbonyl (C=S) groups is 1. The number of rotatable bonds is 5. The highest BCUT2D eigenvalue weighted by atomic mass is 32.1. The number of amides is 2. The van der Waals surface area contributed by atoms with Gasteiger partial charge in [-0.05, 0) is 42.0 Å². The van der Waals surface area contributed by atoms with Gasteiger partial charge in [0.15, 0.2) is 5.11 Å². The predicted octanol–water partition coefficient (Wildman–Crippen LogP) is 2.41. The summed E-state index contributed by atoms with van der Waals surface area (Å²) in [7, 11) is 0. The van der Waals surface area contributed by atoms with Crippen molar-refractivity contribution in [1.29, 1.82) is 0 Å². The Balaban J connectivity index is 1.86. The first kappa shape index (κ1) is 19.3. The van der Waals surface area contributed by atoms with Crippen molar-refractivity contribution < 1.29 is 14.0 Å². The van der Waals surface area contributed by atoms with Crippen LogP contribution in [-0.4, -0.2) is 16.9 Å². The van der Waals surface area contributed by atoms with E-state index in [0.29, 0.717) is 5.69 Å². The minimum atomic E-state index is -0.450. The average molecular weight is 374 g/mol. The maximum Gasteiger partial charge on any atom is 0.240 e. The Kier molecular flexibility index (Phi) is 7.04. The summed E-state index contributed by atoms with van der Waals surface area (Å²) < 4.78 is 12.9. The van der Waals surface area contributed by atoms with Crippen LogP contribution in [0, 0.1) is 5.82 Å². The van der Waals surface area contributed by atoms with Crippen LogP contribution in [0.1, 0.15) is 24.9 Å². The normalized spacial score (nSPS) is 11.2. The second-order valence-corrected chi connectivity index (χ2v) is 5.91. The Morgan fingerprint density at radius 1 is 1.04 bits per heavy atom. The zero-order valence-corrected chi connectivity index (χ0v) is 14.9. The molecule has 1 atom stereocenters. The lowest BCUT2D eigenvalue weighted by Gasteiger charge is -2.18. The van der Waals surface area contributed by atoms with E-state index in [-0.39, 0.29) is 29.2 Å². The summed E-state index contributed by atoms with van der Waals surface area (Å²) in [5, 5.41) is 5.71. The minimum Gasteiger partial charge on any atom is -0.349 e. The second kappa shape index (κ2) is 9.47. The summed E-state index contributed by atoms with van der Waals surface area (Å²) in [6, 6.07) is 14.4. The lowest BCUT2D eigenvalue weighted by molar-refractivity contribution is -0.123.